The molecule has 0 spiro atoms. The fraction of sp³-hybridized carbons (Fsp3) is 0.154. The lowest BCUT2D eigenvalue weighted by atomic mass is 9.98. The number of rotatable bonds is 2. The third-order valence-corrected chi connectivity index (χ3v) is 2.67. The van der Waals surface area contributed by atoms with E-state index in [9.17, 15) is 0 Å². The average Bonchev–Trinajstić information content (AvgIpc) is 2.29. The molecule has 0 bridgehead atoms. The molecule has 1 heterocycles. The molecule has 1 atom stereocenters. The minimum absolute atomic E-state index is 0.144. The van der Waals surface area contributed by atoms with E-state index in [1.807, 2.05) is 43.3 Å². The van der Waals surface area contributed by atoms with Crippen molar-refractivity contribution in [1.82, 2.24) is 4.98 Å². The van der Waals surface area contributed by atoms with E-state index >= 15 is 0 Å². The molecule has 0 aliphatic rings. The molecule has 3 nitrogen and oxygen atoms in total. The number of benzene rings is 1. The molecule has 16 heavy (non-hydrogen) atoms. The summed E-state index contributed by atoms with van der Waals surface area (Å²) in [5, 5.41) is 0. The molecular weight excluding hydrogens is 198 g/mol. The van der Waals surface area contributed by atoms with Crippen molar-refractivity contribution in [2.75, 3.05) is 5.73 Å². The van der Waals surface area contributed by atoms with E-state index in [2.05, 4.69) is 4.98 Å². The summed E-state index contributed by atoms with van der Waals surface area (Å²) in [6.07, 6.45) is 1.75. The zero-order valence-corrected chi connectivity index (χ0v) is 9.22. The van der Waals surface area contributed by atoms with Crippen LogP contribution < -0.4 is 11.5 Å². The van der Waals surface area contributed by atoms with Gasteiger partial charge in [0.05, 0.1) is 6.04 Å². The second kappa shape index (κ2) is 4.33. The average molecular weight is 213 g/mol. The van der Waals surface area contributed by atoms with Crippen LogP contribution in [0.25, 0.3) is 0 Å². The van der Waals surface area contributed by atoms with Crippen molar-refractivity contribution in [3.63, 3.8) is 0 Å². The number of hydrogen-bond donors (Lipinski definition) is 2. The molecule has 2 rings (SSSR count). The number of nitrogens with two attached hydrogens (primary N) is 2. The van der Waals surface area contributed by atoms with E-state index in [4.69, 9.17) is 11.5 Å². The largest absolute Gasteiger partial charge is 0.384 e. The Morgan fingerprint density at radius 1 is 1.19 bits per heavy atom. The predicted octanol–water partition coefficient (Wildman–Crippen LogP) is 2.02. The van der Waals surface area contributed by atoms with Crippen LogP contribution in [0.15, 0.2) is 42.6 Å². The van der Waals surface area contributed by atoms with Crippen LogP contribution in [0.3, 0.4) is 0 Å². The Morgan fingerprint density at radius 3 is 2.50 bits per heavy atom. The number of aromatic nitrogens is 1. The fourth-order valence-corrected chi connectivity index (χ4v) is 1.75. The summed E-state index contributed by atoms with van der Waals surface area (Å²) in [5.74, 6) is 0.529. The maximum absolute atomic E-state index is 6.19. The highest BCUT2D eigenvalue weighted by Crippen LogP contribution is 2.22. The first-order chi connectivity index (χ1) is 7.68. The van der Waals surface area contributed by atoms with Crippen LogP contribution in [0, 0.1) is 6.92 Å². The topological polar surface area (TPSA) is 64.9 Å². The van der Waals surface area contributed by atoms with Gasteiger partial charge in [-0.25, -0.2) is 4.98 Å². The molecule has 82 valence electrons. The quantitative estimate of drug-likeness (QED) is 0.802. The molecule has 3 heteroatoms. The fourth-order valence-electron chi connectivity index (χ4n) is 1.75. The molecule has 0 saturated carbocycles. The Labute approximate surface area is 95.1 Å². The standard InChI is InChI=1S/C13H15N3/c1-9-7-12(14)16-8-11(9)13(15)10-5-3-2-4-6-10/h2-8,13H,15H2,1H3,(H2,14,16)/t13-/m1/s1. The first kappa shape index (κ1) is 10.6. The number of anilines is 1. The van der Waals surface area contributed by atoms with Gasteiger partial charge in [-0.05, 0) is 29.7 Å². The van der Waals surface area contributed by atoms with Gasteiger partial charge in [-0.1, -0.05) is 30.3 Å². The van der Waals surface area contributed by atoms with Gasteiger partial charge in [0.2, 0.25) is 0 Å². The number of hydrogen-bond acceptors (Lipinski definition) is 3. The Kier molecular flexibility index (Phi) is 2.88. The Bertz CT molecular complexity index is 480. The second-order valence-corrected chi connectivity index (χ2v) is 3.85. The van der Waals surface area contributed by atoms with Crippen LogP contribution in [0.1, 0.15) is 22.7 Å². The van der Waals surface area contributed by atoms with Crippen molar-refractivity contribution in [3.05, 3.63) is 59.3 Å². The van der Waals surface area contributed by atoms with Gasteiger partial charge in [0, 0.05) is 6.20 Å². The van der Waals surface area contributed by atoms with E-state index in [1.54, 1.807) is 6.20 Å². The van der Waals surface area contributed by atoms with Gasteiger partial charge < -0.3 is 11.5 Å². The Morgan fingerprint density at radius 2 is 1.88 bits per heavy atom. The zero-order valence-electron chi connectivity index (χ0n) is 9.22. The second-order valence-electron chi connectivity index (χ2n) is 3.85. The smallest absolute Gasteiger partial charge is 0.123 e. The van der Waals surface area contributed by atoms with Crippen LogP contribution in [-0.2, 0) is 0 Å². The summed E-state index contributed by atoms with van der Waals surface area (Å²) in [5.41, 5.74) is 15.0. The van der Waals surface area contributed by atoms with Crippen LogP contribution in [-0.4, -0.2) is 4.98 Å². The highest BCUT2D eigenvalue weighted by atomic mass is 14.8. The van der Waals surface area contributed by atoms with E-state index in [1.165, 1.54) is 0 Å². The third kappa shape index (κ3) is 2.04. The summed E-state index contributed by atoms with van der Waals surface area (Å²) in [4.78, 5) is 4.08. The molecule has 0 unspecified atom stereocenters. The predicted molar refractivity (Wildman–Crippen MR) is 65.9 cm³/mol. The molecular formula is C13H15N3. The van der Waals surface area contributed by atoms with Gasteiger partial charge in [-0.2, -0.15) is 0 Å². The van der Waals surface area contributed by atoms with Gasteiger partial charge in [-0.3, -0.25) is 0 Å². The van der Waals surface area contributed by atoms with E-state index < -0.39 is 0 Å². The van der Waals surface area contributed by atoms with E-state index in [-0.39, 0.29) is 6.04 Å². The van der Waals surface area contributed by atoms with Gasteiger partial charge in [0.1, 0.15) is 5.82 Å². The van der Waals surface area contributed by atoms with Crippen molar-refractivity contribution >= 4 is 5.82 Å². The minimum Gasteiger partial charge on any atom is -0.384 e. The highest BCUT2D eigenvalue weighted by molar-refractivity contribution is 5.41. The third-order valence-electron chi connectivity index (χ3n) is 2.67. The number of pyridine rings is 1. The zero-order chi connectivity index (χ0) is 11.5. The molecule has 4 N–H and O–H groups in total. The van der Waals surface area contributed by atoms with Crippen molar-refractivity contribution in [3.8, 4) is 0 Å². The van der Waals surface area contributed by atoms with E-state index in [0.717, 1.165) is 16.7 Å². The lowest BCUT2D eigenvalue weighted by Gasteiger charge is -2.14. The van der Waals surface area contributed by atoms with Crippen LogP contribution in [0.5, 0.6) is 0 Å². The molecule has 0 saturated heterocycles. The molecule has 0 fully saturated rings. The summed E-state index contributed by atoms with van der Waals surface area (Å²) in [6.45, 7) is 2.00. The summed E-state index contributed by atoms with van der Waals surface area (Å²) < 4.78 is 0. The van der Waals surface area contributed by atoms with Crippen molar-refractivity contribution in [1.29, 1.82) is 0 Å². The lowest BCUT2D eigenvalue weighted by Crippen LogP contribution is -2.13. The lowest BCUT2D eigenvalue weighted by molar-refractivity contribution is 0.854. The Hall–Kier alpha value is -1.87. The van der Waals surface area contributed by atoms with Gasteiger partial charge >= 0.3 is 0 Å². The summed E-state index contributed by atoms with van der Waals surface area (Å²) >= 11 is 0. The summed E-state index contributed by atoms with van der Waals surface area (Å²) in [6, 6.07) is 11.7. The molecule has 0 aliphatic carbocycles. The maximum Gasteiger partial charge on any atom is 0.123 e. The van der Waals surface area contributed by atoms with Gasteiger partial charge in [0.15, 0.2) is 0 Å². The van der Waals surface area contributed by atoms with Crippen molar-refractivity contribution < 1.29 is 0 Å². The van der Waals surface area contributed by atoms with Gasteiger partial charge in [-0.15, -0.1) is 0 Å². The van der Waals surface area contributed by atoms with E-state index in [0.29, 0.717) is 5.82 Å². The first-order valence-corrected chi connectivity index (χ1v) is 5.21. The summed E-state index contributed by atoms with van der Waals surface area (Å²) in [7, 11) is 0. The molecule has 0 amide bonds. The molecule has 1 aromatic carbocycles. The number of aryl methyl sites for hydroxylation is 1. The minimum atomic E-state index is -0.144. The SMILES string of the molecule is Cc1cc(N)ncc1[C@H](N)c1ccccc1. The normalized spacial score (nSPS) is 12.4. The first-order valence-electron chi connectivity index (χ1n) is 5.21. The number of nitrogen functional groups attached to an aromatic ring is 1. The number of nitrogens with zero attached hydrogens (tertiary/aromatic N) is 1. The van der Waals surface area contributed by atoms with Crippen LogP contribution >= 0.6 is 0 Å². The molecule has 1 aromatic heterocycles. The van der Waals surface area contributed by atoms with Crippen molar-refractivity contribution in [2.45, 2.75) is 13.0 Å². The van der Waals surface area contributed by atoms with Crippen LogP contribution in [0.4, 0.5) is 5.82 Å². The van der Waals surface area contributed by atoms with Gasteiger partial charge in [0.25, 0.3) is 0 Å². The highest BCUT2D eigenvalue weighted by Gasteiger charge is 2.11. The Balaban J connectivity index is 2.38. The maximum atomic E-state index is 6.19. The van der Waals surface area contributed by atoms with Crippen molar-refractivity contribution in [2.24, 2.45) is 5.73 Å². The molecule has 0 aliphatic heterocycles. The van der Waals surface area contributed by atoms with Crippen LogP contribution in [0.2, 0.25) is 0 Å². The monoisotopic (exact) mass is 213 g/mol. The molecule has 2 aromatic rings. The molecule has 0 radical (unpaired) electrons.